The quantitative estimate of drug-likeness (QED) is 0.893. The first kappa shape index (κ1) is 18.0. The number of rotatable bonds is 5. The highest BCUT2D eigenvalue weighted by molar-refractivity contribution is 7.91. The average Bonchev–Trinajstić information content (AvgIpc) is 3.01. The van der Waals surface area contributed by atoms with E-state index >= 15 is 0 Å². The lowest BCUT2D eigenvalue weighted by Crippen LogP contribution is -2.37. The molecule has 1 aliphatic heterocycles. The average molecular weight is 341 g/mol. The van der Waals surface area contributed by atoms with E-state index in [9.17, 15) is 13.2 Å². The molecule has 2 rings (SSSR count). The van der Waals surface area contributed by atoms with Gasteiger partial charge in [0.25, 0.3) is 0 Å². The van der Waals surface area contributed by atoms with Crippen molar-refractivity contribution >= 4 is 15.7 Å². The molecule has 0 bridgehead atoms. The van der Waals surface area contributed by atoms with Crippen LogP contribution in [-0.2, 0) is 21.1 Å². The molecule has 2 heterocycles. The SMILES string of the molecule is CCc1ccc([C@@H](NC(=O)C[C@H]2CCS(=O)(=O)C2)C(C)(C)C)o1. The van der Waals surface area contributed by atoms with Gasteiger partial charge >= 0.3 is 0 Å². The van der Waals surface area contributed by atoms with E-state index in [0.29, 0.717) is 6.42 Å². The molecule has 0 unspecified atom stereocenters. The van der Waals surface area contributed by atoms with Crippen LogP contribution in [0.25, 0.3) is 0 Å². The Morgan fingerprint density at radius 2 is 2.09 bits per heavy atom. The lowest BCUT2D eigenvalue weighted by atomic mass is 9.85. The number of carbonyl (C=O) groups is 1. The minimum Gasteiger partial charge on any atom is -0.464 e. The van der Waals surface area contributed by atoms with E-state index in [1.165, 1.54) is 0 Å². The van der Waals surface area contributed by atoms with Crippen molar-refractivity contribution in [2.45, 2.75) is 53.0 Å². The molecule has 1 saturated heterocycles. The van der Waals surface area contributed by atoms with Crippen molar-refractivity contribution in [1.29, 1.82) is 0 Å². The number of furan rings is 1. The minimum absolute atomic E-state index is 0.0663. The first-order valence-corrected chi connectivity index (χ1v) is 10.0. The maximum absolute atomic E-state index is 12.4. The Morgan fingerprint density at radius 1 is 1.39 bits per heavy atom. The third-order valence-electron chi connectivity index (χ3n) is 4.29. The van der Waals surface area contributed by atoms with Crippen molar-refractivity contribution < 1.29 is 17.6 Å². The fraction of sp³-hybridized carbons (Fsp3) is 0.706. The lowest BCUT2D eigenvalue weighted by molar-refractivity contribution is -0.123. The van der Waals surface area contributed by atoms with Gasteiger partial charge in [-0.05, 0) is 29.9 Å². The zero-order chi connectivity index (χ0) is 17.3. The van der Waals surface area contributed by atoms with E-state index in [-0.39, 0.29) is 41.2 Å². The number of nitrogens with one attached hydrogen (secondary N) is 1. The number of sulfone groups is 1. The lowest BCUT2D eigenvalue weighted by Gasteiger charge is -2.30. The van der Waals surface area contributed by atoms with Crippen LogP contribution in [0.2, 0.25) is 0 Å². The molecule has 1 aromatic rings. The zero-order valence-corrected chi connectivity index (χ0v) is 15.2. The Morgan fingerprint density at radius 3 is 2.57 bits per heavy atom. The number of amides is 1. The van der Waals surface area contributed by atoms with Crippen molar-refractivity contribution in [1.82, 2.24) is 5.32 Å². The van der Waals surface area contributed by atoms with Crippen molar-refractivity contribution in [2.24, 2.45) is 11.3 Å². The first-order valence-electron chi connectivity index (χ1n) is 8.19. The molecular formula is C17H27NO4S. The van der Waals surface area contributed by atoms with Crippen LogP contribution in [0, 0.1) is 11.3 Å². The van der Waals surface area contributed by atoms with Gasteiger partial charge in [-0.2, -0.15) is 0 Å². The van der Waals surface area contributed by atoms with E-state index in [4.69, 9.17) is 4.42 Å². The van der Waals surface area contributed by atoms with Crippen LogP contribution >= 0.6 is 0 Å². The minimum atomic E-state index is -2.95. The van der Waals surface area contributed by atoms with Crippen LogP contribution in [-0.4, -0.2) is 25.8 Å². The van der Waals surface area contributed by atoms with Gasteiger partial charge in [0.1, 0.15) is 11.5 Å². The van der Waals surface area contributed by atoms with Crippen LogP contribution < -0.4 is 5.32 Å². The summed E-state index contributed by atoms with van der Waals surface area (Å²) >= 11 is 0. The van der Waals surface area contributed by atoms with Gasteiger partial charge in [-0.15, -0.1) is 0 Å². The molecule has 1 aromatic heterocycles. The van der Waals surface area contributed by atoms with E-state index in [1.807, 2.05) is 39.8 Å². The van der Waals surface area contributed by atoms with Crippen molar-refractivity contribution in [2.75, 3.05) is 11.5 Å². The van der Waals surface area contributed by atoms with Crippen LogP contribution in [0.3, 0.4) is 0 Å². The van der Waals surface area contributed by atoms with E-state index in [2.05, 4.69) is 5.32 Å². The highest BCUT2D eigenvalue weighted by Crippen LogP contribution is 2.34. The van der Waals surface area contributed by atoms with Gasteiger partial charge in [0.05, 0.1) is 17.5 Å². The topological polar surface area (TPSA) is 76.4 Å². The summed E-state index contributed by atoms with van der Waals surface area (Å²) in [5, 5.41) is 3.04. The molecule has 23 heavy (non-hydrogen) atoms. The number of aryl methyl sites for hydroxylation is 1. The summed E-state index contributed by atoms with van der Waals surface area (Å²) < 4.78 is 28.8. The van der Waals surface area contributed by atoms with Gasteiger partial charge < -0.3 is 9.73 Å². The summed E-state index contributed by atoms with van der Waals surface area (Å²) in [5.41, 5.74) is -0.194. The molecule has 6 heteroatoms. The second-order valence-corrected chi connectivity index (χ2v) is 9.73. The van der Waals surface area contributed by atoms with Gasteiger partial charge in [0.15, 0.2) is 9.84 Å². The standard InChI is InChI=1S/C17H27NO4S/c1-5-13-6-7-14(22-13)16(17(2,3)4)18-15(19)10-12-8-9-23(20,21)11-12/h6-7,12,16H,5,8-11H2,1-4H3,(H,18,19)/t12-,16-/m1/s1. The molecule has 1 N–H and O–H groups in total. The fourth-order valence-corrected chi connectivity index (χ4v) is 4.83. The normalized spacial score (nSPS) is 22.0. The maximum Gasteiger partial charge on any atom is 0.220 e. The largest absolute Gasteiger partial charge is 0.464 e. The number of carbonyl (C=O) groups excluding carboxylic acids is 1. The summed E-state index contributed by atoms with van der Waals surface area (Å²) in [5.74, 6) is 1.80. The van der Waals surface area contributed by atoms with Crippen molar-refractivity contribution in [3.05, 3.63) is 23.7 Å². The summed E-state index contributed by atoms with van der Waals surface area (Å²) in [6.07, 6.45) is 1.65. The van der Waals surface area contributed by atoms with Gasteiger partial charge in [-0.1, -0.05) is 27.7 Å². The molecule has 1 fully saturated rings. The highest BCUT2D eigenvalue weighted by atomic mass is 32.2. The van der Waals surface area contributed by atoms with Crippen molar-refractivity contribution in [3.63, 3.8) is 0 Å². The third kappa shape index (κ3) is 4.83. The van der Waals surface area contributed by atoms with Gasteiger partial charge in [0, 0.05) is 12.8 Å². The maximum atomic E-state index is 12.4. The van der Waals surface area contributed by atoms with Crippen LogP contribution in [0.1, 0.15) is 58.1 Å². The molecule has 5 nitrogen and oxygen atoms in total. The molecule has 1 amide bonds. The van der Waals surface area contributed by atoms with Crippen LogP contribution in [0.5, 0.6) is 0 Å². The summed E-state index contributed by atoms with van der Waals surface area (Å²) in [7, 11) is -2.95. The van der Waals surface area contributed by atoms with Crippen LogP contribution in [0.4, 0.5) is 0 Å². The summed E-state index contributed by atoms with van der Waals surface area (Å²) in [6.45, 7) is 8.16. The van der Waals surface area contributed by atoms with E-state index in [1.54, 1.807) is 0 Å². The molecule has 1 aliphatic rings. The third-order valence-corrected chi connectivity index (χ3v) is 6.12. The zero-order valence-electron chi connectivity index (χ0n) is 14.4. The molecular weight excluding hydrogens is 314 g/mol. The van der Waals surface area contributed by atoms with Crippen molar-refractivity contribution in [3.8, 4) is 0 Å². The second-order valence-electron chi connectivity index (χ2n) is 7.50. The Hall–Kier alpha value is -1.30. The molecule has 0 aromatic carbocycles. The van der Waals surface area contributed by atoms with E-state index < -0.39 is 9.84 Å². The van der Waals surface area contributed by atoms with Gasteiger partial charge in [-0.3, -0.25) is 4.79 Å². The summed E-state index contributed by atoms with van der Waals surface area (Å²) in [4.78, 5) is 12.4. The molecule has 130 valence electrons. The molecule has 0 aliphatic carbocycles. The predicted molar refractivity (Wildman–Crippen MR) is 89.8 cm³/mol. The molecule has 2 atom stereocenters. The smallest absolute Gasteiger partial charge is 0.220 e. The molecule has 0 spiro atoms. The molecule has 0 saturated carbocycles. The van der Waals surface area contributed by atoms with E-state index in [0.717, 1.165) is 17.9 Å². The Kier molecular flexibility index (Phi) is 5.23. The monoisotopic (exact) mass is 341 g/mol. The fourth-order valence-electron chi connectivity index (χ4n) is 2.97. The Balaban J connectivity index is 2.05. The first-order chi connectivity index (χ1) is 10.6. The Labute approximate surface area is 138 Å². The van der Waals surface area contributed by atoms with Crippen LogP contribution in [0.15, 0.2) is 16.5 Å². The number of hydrogen-bond donors (Lipinski definition) is 1. The van der Waals surface area contributed by atoms with Gasteiger partial charge in [0.2, 0.25) is 5.91 Å². The second kappa shape index (κ2) is 6.67. The highest BCUT2D eigenvalue weighted by Gasteiger charge is 2.33. The number of hydrogen-bond acceptors (Lipinski definition) is 4. The Bertz CT molecular complexity index is 654. The predicted octanol–water partition coefficient (Wildman–Crippen LogP) is 2.87. The molecule has 0 radical (unpaired) electrons. The van der Waals surface area contributed by atoms with Gasteiger partial charge in [-0.25, -0.2) is 8.42 Å². The summed E-state index contributed by atoms with van der Waals surface area (Å²) in [6, 6.07) is 3.62.